The van der Waals surface area contributed by atoms with Crippen LogP contribution in [0.15, 0.2) is 0 Å². The Balaban J connectivity index is 3.70. The van der Waals surface area contributed by atoms with E-state index in [4.69, 9.17) is 10.5 Å². The fourth-order valence-corrected chi connectivity index (χ4v) is 0.683. The van der Waals surface area contributed by atoms with Gasteiger partial charge in [-0.05, 0) is 27.7 Å². The molecule has 4 heteroatoms. The van der Waals surface area contributed by atoms with Crippen molar-refractivity contribution in [1.29, 1.82) is 0 Å². The van der Waals surface area contributed by atoms with Crippen molar-refractivity contribution in [2.75, 3.05) is 13.2 Å². The molecule has 0 aromatic rings. The number of rotatable bonds is 5. The quantitative estimate of drug-likeness (QED) is 0.650. The van der Waals surface area contributed by atoms with Crippen molar-refractivity contribution in [3.8, 4) is 0 Å². The fourth-order valence-electron chi connectivity index (χ4n) is 0.683. The molecule has 0 atom stereocenters. The van der Waals surface area contributed by atoms with Gasteiger partial charge in [-0.3, -0.25) is 4.79 Å². The summed E-state index contributed by atoms with van der Waals surface area (Å²) in [5.41, 5.74) is 5.01. The number of nitrogens with two attached hydrogens (primary N) is 1. The van der Waals surface area contributed by atoms with Crippen molar-refractivity contribution in [3.05, 3.63) is 0 Å². The Labute approximate surface area is 79.8 Å². The van der Waals surface area contributed by atoms with Crippen molar-refractivity contribution in [3.63, 3.8) is 0 Å². The van der Waals surface area contributed by atoms with Gasteiger partial charge in [-0.1, -0.05) is 0 Å². The van der Waals surface area contributed by atoms with Gasteiger partial charge in [0.15, 0.2) is 0 Å². The van der Waals surface area contributed by atoms with Crippen molar-refractivity contribution in [2.45, 2.75) is 39.3 Å². The van der Waals surface area contributed by atoms with E-state index in [0.717, 1.165) is 0 Å². The topological polar surface area (TPSA) is 64.3 Å². The second kappa shape index (κ2) is 5.19. The van der Waals surface area contributed by atoms with E-state index in [1.807, 2.05) is 27.7 Å². The van der Waals surface area contributed by atoms with Crippen LogP contribution in [0, 0.1) is 0 Å². The number of carbonyl (C=O) groups excluding carboxylic acids is 1. The molecule has 13 heavy (non-hydrogen) atoms. The van der Waals surface area contributed by atoms with Crippen LogP contribution in [0.2, 0.25) is 0 Å². The summed E-state index contributed by atoms with van der Waals surface area (Å²) in [5.74, 6) is -0.100. The van der Waals surface area contributed by atoms with Crippen LogP contribution in [0.5, 0.6) is 0 Å². The molecule has 0 aliphatic carbocycles. The summed E-state index contributed by atoms with van der Waals surface area (Å²) >= 11 is 0. The monoisotopic (exact) mass is 188 g/mol. The molecule has 0 radical (unpaired) electrons. The van der Waals surface area contributed by atoms with Gasteiger partial charge in [0.25, 0.3) is 0 Å². The SMILES string of the molecule is CC(C)NC(=O)COC(C)(C)CN. The van der Waals surface area contributed by atoms with E-state index >= 15 is 0 Å². The predicted octanol–water partition coefficient (Wildman–Crippen LogP) is 0.265. The molecule has 0 unspecified atom stereocenters. The van der Waals surface area contributed by atoms with E-state index in [-0.39, 0.29) is 18.6 Å². The largest absolute Gasteiger partial charge is 0.364 e. The van der Waals surface area contributed by atoms with Crippen molar-refractivity contribution in [2.24, 2.45) is 5.73 Å². The first-order chi connectivity index (χ1) is 5.87. The minimum absolute atomic E-state index is 0.0718. The van der Waals surface area contributed by atoms with Crippen LogP contribution < -0.4 is 11.1 Å². The third-order valence-corrected chi connectivity index (χ3v) is 1.54. The second-order valence-corrected chi connectivity index (χ2v) is 3.97. The average molecular weight is 188 g/mol. The fraction of sp³-hybridized carbons (Fsp3) is 0.889. The van der Waals surface area contributed by atoms with Gasteiger partial charge in [-0.2, -0.15) is 0 Å². The molecular weight excluding hydrogens is 168 g/mol. The van der Waals surface area contributed by atoms with E-state index in [1.165, 1.54) is 0 Å². The van der Waals surface area contributed by atoms with Crippen LogP contribution in [0.4, 0.5) is 0 Å². The molecule has 0 saturated carbocycles. The molecule has 78 valence electrons. The lowest BCUT2D eigenvalue weighted by molar-refractivity contribution is -0.131. The van der Waals surface area contributed by atoms with Crippen molar-refractivity contribution < 1.29 is 9.53 Å². The smallest absolute Gasteiger partial charge is 0.246 e. The first-order valence-electron chi connectivity index (χ1n) is 4.51. The van der Waals surface area contributed by atoms with Gasteiger partial charge < -0.3 is 15.8 Å². The Bertz CT molecular complexity index is 167. The van der Waals surface area contributed by atoms with E-state index in [1.54, 1.807) is 0 Å². The van der Waals surface area contributed by atoms with E-state index in [0.29, 0.717) is 6.54 Å². The average Bonchev–Trinajstić information content (AvgIpc) is 2.00. The number of amides is 1. The van der Waals surface area contributed by atoms with Gasteiger partial charge in [0, 0.05) is 12.6 Å². The molecule has 0 rings (SSSR count). The Kier molecular flexibility index (Phi) is 4.95. The number of ether oxygens (including phenoxy) is 1. The van der Waals surface area contributed by atoms with Gasteiger partial charge in [0.2, 0.25) is 5.91 Å². The molecule has 0 bridgehead atoms. The van der Waals surface area contributed by atoms with Crippen LogP contribution >= 0.6 is 0 Å². The van der Waals surface area contributed by atoms with E-state index < -0.39 is 5.60 Å². The third-order valence-electron chi connectivity index (χ3n) is 1.54. The standard InChI is InChI=1S/C9H20N2O2/c1-7(2)11-8(12)5-13-9(3,4)6-10/h7H,5-6,10H2,1-4H3,(H,11,12). The van der Waals surface area contributed by atoms with Crippen LogP contribution in [0.25, 0.3) is 0 Å². The summed E-state index contributed by atoms with van der Waals surface area (Å²) in [5, 5.41) is 2.73. The van der Waals surface area contributed by atoms with Crippen LogP contribution in [-0.4, -0.2) is 30.7 Å². The van der Waals surface area contributed by atoms with Gasteiger partial charge in [-0.15, -0.1) is 0 Å². The highest BCUT2D eigenvalue weighted by atomic mass is 16.5. The summed E-state index contributed by atoms with van der Waals surface area (Å²) in [6, 6.07) is 0.150. The molecule has 4 nitrogen and oxygen atoms in total. The van der Waals surface area contributed by atoms with Crippen molar-refractivity contribution >= 4 is 5.91 Å². The maximum Gasteiger partial charge on any atom is 0.246 e. The number of nitrogens with one attached hydrogen (secondary N) is 1. The number of hydrogen-bond acceptors (Lipinski definition) is 3. The van der Waals surface area contributed by atoms with E-state index in [9.17, 15) is 4.79 Å². The highest BCUT2D eigenvalue weighted by Gasteiger charge is 2.17. The molecule has 0 spiro atoms. The number of carbonyl (C=O) groups is 1. The molecule has 0 aromatic heterocycles. The minimum Gasteiger partial charge on any atom is -0.364 e. The maximum atomic E-state index is 11.1. The lowest BCUT2D eigenvalue weighted by atomic mass is 10.1. The molecule has 3 N–H and O–H groups in total. The van der Waals surface area contributed by atoms with Crippen LogP contribution in [-0.2, 0) is 9.53 Å². The summed E-state index contributed by atoms with van der Waals surface area (Å²) in [4.78, 5) is 11.1. The van der Waals surface area contributed by atoms with Crippen molar-refractivity contribution in [1.82, 2.24) is 5.32 Å². The normalized spacial score (nSPS) is 11.8. The predicted molar refractivity (Wildman–Crippen MR) is 52.4 cm³/mol. The molecular formula is C9H20N2O2. The number of hydrogen-bond donors (Lipinski definition) is 2. The first-order valence-corrected chi connectivity index (χ1v) is 4.51. The molecule has 0 fully saturated rings. The molecule has 0 heterocycles. The highest BCUT2D eigenvalue weighted by Crippen LogP contribution is 2.05. The molecule has 1 amide bonds. The minimum atomic E-state index is -0.422. The first kappa shape index (κ1) is 12.4. The van der Waals surface area contributed by atoms with Gasteiger partial charge in [-0.25, -0.2) is 0 Å². The summed E-state index contributed by atoms with van der Waals surface area (Å²) in [7, 11) is 0. The Hall–Kier alpha value is -0.610. The lowest BCUT2D eigenvalue weighted by Crippen LogP contribution is -2.40. The highest BCUT2D eigenvalue weighted by molar-refractivity contribution is 5.77. The van der Waals surface area contributed by atoms with Gasteiger partial charge >= 0.3 is 0 Å². The lowest BCUT2D eigenvalue weighted by Gasteiger charge is -2.23. The maximum absolute atomic E-state index is 11.1. The summed E-state index contributed by atoms with van der Waals surface area (Å²) < 4.78 is 5.30. The third kappa shape index (κ3) is 6.54. The Morgan fingerprint density at radius 2 is 2.08 bits per heavy atom. The Morgan fingerprint density at radius 3 is 2.46 bits per heavy atom. The molecule has 0 aromatic carbocycles. The van der Waals surface area contributed by atoms with E-state index in [2.05, 4.69) is 5.32 Å². The molecule has 0 aliphatic heterocycles. The van der Waals surface area contributed by atoms with Gasteiger partial charge in [0.05, 0.1) is 5.60 Å². The molecule has 0 saturated heterocycles. The summed E-state index contributed by atoms with van der Waals surface area (Å²) in [6.45, 7) is 8.01. The van der Waals surface area contributed by atoms with Gasteiger partial charge in [0.1, 0.15) is 6.61 Å². The zero-order chi connectivity index (χ0) is 10.5. The molecule has 0 aliphatic rings. The zero-order valence-electron chi connectivity index (χ0n) is 8.89. The zero-order valence-corrected chi connectivity index (χ0v) is 8.89. The second-order valence-electron chi connectivity index (χ2n) is 3.97. The van der Waals surface area contributed by atoms with Crippen LogP contribution in [0.1, 0.15) is 27.7 Å². The Morgan fingerprint density at radius 1 is 1.54 bits per heavy atom. The van der Waals surface area contributed by atoms with Crippen LogP contribution in [0.3, 0.4) is 0 Å². The summed E-state index contributed by atoms with van der Waals surface area (Å²) in [6.07, 6.45) is 0.